The maximum atomic E-state index is 10.7. The Labute approximate surface area is 233 Å². The molecule has 0 saturated carbocycles. The summed E-state index contributed by atoms with van der Waals surface area (Å²) in [5.41, 5.74) is 4.86. The molecule has 40 heavy (non-hydrogen) atoms. The van der Waals surface area contributed by atoms with Gasteiger partial charge in [0.15, 0.2) is 0 Å². The van der Waals surface area contributed by atoms with E-state index in [4.69, 9.17) is 9.72 Å². The van der Waals surface area contributed by atoms with Crippen molar-refractivity contribution in [3.63, 3.8) is 0 Å². The number of aromatic nitrogens is 3. The number of phenols is 1. The number of ether oxygens (including phenoxy) is 1. The third-order valence-corrected chi connectivity index (χ3v) is 7.39. The number of aromatic hydroxyl groups is 1. The Balaban J connectivity index is 1.50. The van der Waals surface area contributed by atoms with Crippen LogP contribution < -0.4 is 4.74 Å². The van der Waals surface area contributed by atoms with E-state index in [9.17, 15) is 10.4 Å². The minimum atomic E-state index is -0.0214. The Kier molecular flexibility index (Phi) is 5.96. The molecule has 0 atom stereocenters. The van der Waals surface area contributed by atoms with Gasteiger partial charge in [0.25, 0.3) is 0 Å². The van der Waals surface area contributed by atoms with Gasteiger partial charge in [-0.05, 0) is 64.9 Å². The summed E-state index contributed by atoms with van der Waals surface area (Å²) in [4.78, 5) is 9.32. The SMILES string of the molecule is CC(C)c1cc(O)c2nc(Oc3ccc4c5ccccc5n(-c5cc(C(C)(C)C)ccn5)c4c3)cc(C#N)c2c1. The lowest BCUT2D eigenvalue weighted by Crippen LogP contribution is -2.12. The fourth-order valence-corrected chi connectivity index (χ4v) is 5.17. The molecule has 6 rings (SSSR count). The van der Waals surface area contributed by atoms with Gasteiger partial charge in [-0.25, -0.2) is 9.97 Å². The molecule has 0 unspecified atom stereocenters. The first-order chi connectivity index (χ1) is 19.1. The number of hydrogen-bond donors (Lipinski definition) is 1. The average Bonchev–Trinajstić information content (AvgIpc) is 3.26. The molecule has 3 aromatic carbocycles. The van der Waals surface area contributed by atoms with E-state index in [2.05, 4.69) is 60.7 Å². The van der Waals surface area contributed by atoms with Crippen LogP contribution in [0.2, 0.25) is 0 Å². The van der Waals surface area contributed by atoms with Crippen molar-refractivity contribution in [3.05, 3.63) is 95.7 Å². The van der Waals surface area contributed by atoms with Crippen LogP contribution in [-0.4, -0.2) is 19.6 Å². The number of rotatable bonds is 4. The molecular weight excluding hydrogens is 496 g/mol. The number of benzene rings is 3. The number of pyridine rings is 2. The molecule has 1 N–H and O–H groups in total. The van der Waals surface area contributed by atoms with Gasteiger partial charge >= 0.3 is 0 Å². The van der Waals surface area contributed by atoms with Crippen molar-refractivity contribution in [2.75, 3.05) is 0 Å². The summed E-state index contributed by atoms with van der Waals surface area (Å²) in [6.07, 6.45) is 1.86. The highest BCUT2D eigenvalue weighted by atomic mass is 16.5. The van der Waals surface area contributed by atoms with E-state index in [0.29, 0.717) is 22.2 Å². The topological polar surface area (TPSA) is 84.0 Å². The minimum absolute atomic E-state index is 0.0214. The quantitative estimate of drug-likeness (QED) is 0.249. The van der Waals surface area contributed by atoms with Crippen molar-refractivity contribution in [2.24, 2.45) is 0 Å². The van der Waals surface area contributed by atoms with Gasteiger partial charge in [0.1, 0.15) is 28.9 Å². The van der Waals surface area contributed by atoms with Crippen LogP contribution in [0.15, 0.2) is 79.0 Å². The highest BCUT2D eigenvalue weighted by Gasteiger charge is 2.19. The van der Waals surface area contributed by atoms with E-state index in [-0.39, 0.29) is 23.0 Å². The molecule has 6 heteroatoms. The molecule has 0 spiro atoms. The molecular formula is C34H30N4O2. The maximum Gasteiger partial charge on any atom is 0.221 e. The Hall–Kier alpha value is -4.89. The second-order valence-electron chi connectivity index (χ2n) is 11.5. The second kappa shape index (κ2) is 9.39. The molecule has 0 saturated heterocycles. The summed E-state index contributed by atoms with van der Waals surface area (Å²) in [5, 5.41) is 23.4. The lowest BCUT2D eigenvalue weighted by molar-refractivity contribution is 0.460. The summed E-state index contributed by atoms with van der Waals surface area (Å²) in [6, 6.07) is 25.9. The van der Waals surface area contributed by atoms with Crippen molar-refractivity contribution >= 4 is 32.7 Å². The smallest absolute Gasteiger partial charge is 0.221 e. The van der Waals surface area contributed by atoms with Crippen molar-refractivity contribution in [3.8, 4) is 29.3 Å². The van der Waals surface area contributed by atoms with Crippen LogP contribution in [0.25, 0.3) is 38.5 Å². The van der Waals surface area contributed by atoms with Gasteiger partial charge in [-0.2, -0.15) is 5.26 Å². The fourth-order valence-electron chi connectivity index (χ4n) is 5.17. The number of phenolic OH excluding ortho intramolecular Hbond substituents is 1. The maximum absolute atomic E-state index is 10.7. The Morgan fingerprint density at radius 1 is 0.900 bits per heavy atom. The predicted molar refractivity (Wildman–Crippen MR) is 160 cm³/mol. The molecule has 6 aromatic rings. The molecule has 198 valence electrons. The number of para-hydroxylation sites is 1. The van der Waals surface area contributed by atoms with E-state index in [1.807, 2.05) is 56.4 Å². The van der Waals surface area contributed by atoms with Crippen LogP contribution >= 0.6 is 0 Å². The highest BCUT2D eigenvalue weighted by molar-refractivity contribution is 6.09. The van der Waals surface area contributed by atoms with Gasteiger partial charge < -0.3 is 9.84 Å². The lowest BCUT2D eigenvalue weighted by Gasteiger charge is -2.20. The number of hydrogen-bond acceptors (Lipinski definition) is 5. The fraction of sp³-hybridized carbons (Fsp3) is 0.206. The molecule has 3 heterocycles. The largest absolute Gasteiger partial charge is 0.506 e. The van der Waals surface area contributed by atoms with Crippen LogP contribution in [-0.2, 0) is 5.41 Å². The van der Waals surface area contributed by atoms with E-state index in [0.717, 1.165) is 33.2 Å². The summed E-state index contributed by atoms with van der Waals surface area (Å²) in [5.74, 6) is 1.87. The molecule has 0 amide bonds. The van der Waals surface area contributed by atoms with Crippen LogP contribution in [0.1, 0.15) is 57.2 Å². The van der Waals surface area contributed by atoms with Crippen molar-refractivity contribution < 1.29 is 9.84 Å². The Bertz CT molecular complexity index is 1970. The van der Waals surface area contributed by atoms with Crippen molar-refractivity contribution in [2.45, 2.75) is 46.0 Å². The van der Waals surface area contributed by atoms with Gasteiger partial charge in [-0.3, -0.25) is 4.57 Å². The second-order valence-corrected chi connectivity index (χ2v) is 11.5. The van der Waals surface area contributed by atoms with Crippen molar-refractivity contribution in [1.29, 1.82) is 5.26 Å². The highest BCUT2D eigenvalue weighted by Crippen LogP contribution is 2.37. The third kappa shape index (κ3) is 4.30. The monoisotopic (exact) mass is 526 g/mol. The molecule has 0 aliphatic rings. The zero-order chi connectivity index (χ0) is 28.2. The molecule has 0 bridgehead atoms. The normalized spacial score (nSPS) is 11.9. The third-order valence-electron chi connectivity index (χ3n) is 7.39. The molecule has 0 aliphatic carbocycles. The predicted octanol–water partition coefficient (Wildman–Crippen LogP) is 8.52. The first-order valence-electron chi connectivity index (χ1n) is 13.4. The average molecular weight is 527 g/mol. The lowest BCUT2D eigenvalue weighted by atomic mass is 9.88. The van der Waals surface area contributed by atoms with E-state index >= 15 is 0 Å². The molecule has 3 aromatic heterocycles. The first-order valence-corrected chi connectivity index (χ1v) is 13.4. The van der Waals surface area contributed by atoms with Crippen LogP contribution in [0.4, 0.5) is 0 Å². The summed E-state index contributed by atoms with van der Waals surface area (Å²) < 4.78 is 8.38. The van der Waals surface area contributed by atoms with Crippen LogP contribution in [0.3, 0.4) is 0 Å². The van der Waals surface area contributed by atoms with E-state index in [1.54, 1.807) is 12.1 Å². The first kappa shape index (κ1) is 25.4. The van der Waals surface area contributed by atoms with E-state index < -0.39 is 0 Å². The van der Waals surface area contributed by atoms with Gasteiger partial charge in [-0.15, -0.1) is 0 Å². The van der Waals surface area contributed by atoms with E-state index in [1.165, 1.54) is 5.56 Å². The van der Waals surface area contributed by atoms with Gasteiger partial charge in [-0.1, -0.05) is 52.8 Å². The number of nitrogens with zero attached hydrogens (tertiary/aromatic N) is 4. The number of fused-ring (bicyclic) bond motifs is 4. The van der Waals surface area contributed by atoms with Crippen molar-refractivity contribution in [1.82, 2.24) is 14.5 Å². The van der Waals surface area contributed by atoms with Gasteiger partial charge in [0, 0.05) is 34.5 Å². The van der Waals surface area contributed by atoms with Crippen LogP contribution in [0.5, 0.6) is 17.4 Å². The Morgan fingerprint density at radius 2 is 1.68 bits per heavy atom. The van der Waals surface area contributed by atoms with Gasteiger partial charge in [0.2, 0.25) is 5.88 Å². The van der Waals surface area contributed by atoms with Gasteiger partial charge in [0.05, 0.1) is 16.6 Å². The number of nitriles is 1. The zero-order valence-corrected chi connectivity index (χ0v) is 23.2. The molecule has 0 radical (unpaired) electrons. The zero-order valence-electron chi connectivity index (χ0n) is 23.2. The summed E-state index contributed by atoms with van der Waals surface area (Å²) >= 11 is 0. The minimum Gasteiger partial charge on any atom is -0.506 e. The molecule has 0 aliphatic heterocycles. The molecule has 0 fully saturated rings. The standard InChI is InChI=1S/C34H30N4O2/c1-20(2)21-14-27-22(19-35)16-32(37-33(27)30(39)15-21)40-24-10-11-26-25-8-6-7-9-28(25)38(29(26)18-24)31-17-23(12-13-36-31)34(3,4)5/h6-18,20,39H,1-5H3. The summed E-state index contributed by atoms with van der Waals surface area (Å²) in [7, 11) is 0. The van der Waals surface area contributed by atoms with Crippen LogP contribution in [0, 0.1) is 11.3 Å². The summed E-state index contributed by atoms with van der Waals surface area (Å²) in [6.45, 7) is 10.7. The molecule has 6 nitrogen and oxygen atoms in total. The Morgan fingerprint density at radius 3 is 2.42 bits per heavy atom.